The molecule has 0 saturated carbocycles. The summed E-state index contributed by atoms with van der Waals surface area (Å²) >= 11 is 0. The van der Waals surface area contributed by atoms with Gasteiger partial charge in [0.15, 0.2) is 6.10 Å². The quantitative estimate of drug-likeness (QED) is 0.320. The van der Waals surface area contributed by atoms with E-state index >= 15 is 0 Å². The van der Waals surface area contributed by atoms with Crippen molar-refractivity contribution in [3.63, 3.8) is 0 Å². The first-order chi connectivity index (χ1) is 15.2. The van der Waals surface area contributed by atoms with Gasteiger partial charge in [0, 0.05) is 12.1 Å². The number of fused-ring (bicyclic) bond motifs is 1. The monoisotopic (exact) mass is 446 g/mol. The summed E-state index contributed by atoms with van der Waals surface area (Å²) in [6, 6.07) is 7.90. The number of carboxylic acid groups (broad SMARTS) is 1. The van der Waals surface area contributed by atoms with Crippen molar-refractivity contribution in [3.05, 3.63) is 52.9 Å². The van der Waals surface area contributed by atoms with Crippen LogP contribution in [0.1, 0.15) is 0 Å². The summed E-state index contributed by atoms with van der Waals surface area (Å²) in [7, 11) is 0. The molecule has 1 aliphatic heterocycles. The second-order valence-corrected chi connectivity index (χ2v) is 7.20. The molecule has 2 aromatic carbocycles. The maximum Gasteiger partial charge on any atom is 0.335 e. The van der Waals surface area contributed by atoms with Crippen molar-refractivity contribution in [2.24, 2.45) is 0 Å². The van der Waals surface area contributed by atoms with Crippen LogP contribution in [0.2, 0.25) is 0 Å². The molecule has 3 aromatic rings. The fourth-order valence-corrected chi connectivity index (χ4v) is 3.41. The lowest BCUT2D eigenvalue weighted by molar-refractivity contribution is -0.270. The molecule has 32 heavy (non-hydrogen) atoms. The molecule has 168 valence electrons. The molecule has 11 nitrogen and oxygen atoms in total. The molecule has 1 aliphatic rings. The summed E-state index contributed by atoms with van der Waals surface area (Å²) in [5.74, 6) is -2.29. The third-order valence-electron chi connectivity index (χ3n) is 5.06. The molecule has 4 rings (SSSR count). The molecule has 6 N–H and O–H groups in total. The zero-order chi connectivity index (χ0) is 23.2. The minimum absolute atomic E-state index is 0.00923. The summed E-state index contributed by atoms with van der Waals surface area (Å²) in [6.45, 7) is 0. The molecule has 0 radical (unpaired) electrons. The maximum atomic E-state index is 13.2. The number of hydrogen-bond acceptors (Lipinski definition) is 10. The molecule has 1 saturated heterocycles. The first kappa shape index (κ1) is 21.6. The Bertz CT molecular complexity index is 1220. The lowest BCUT2D eigenvalue weighted by atomic mass is 9.99. The fraction of sp³-hybridized carbons (Fsp3) is 0.238. The second kappa shape index (κ2) is 8.13. The Morgan fingerprint density at radius 1 is 0.938 bits per heavy atom. The van der Waals surface area contributed by atoms with Crippen LogP contribution in [-0.4, -0.2) is 67.3 Å². The van der Waals surface area contributed by atoms with Crippen LogP contribution in [0.25, 0.3) is 22.1 Å². The summed E-state index contributed by atoms with van der Waals surface area (Å²) in [6.07, 6.45) is -8.25. The van der Waals surface area contributed by atoms with E-state index < -0.39 is 42.1 Å². The highest BCUT2D eigenvalue weighted by molar-refractivity contribution is 5.88. The van der Waals surface area contributed by atoms with Crippen molar-refractivity contribution in [1.29, 1.82) is 0 Å². The first-order valence-electron chi connectivity index (χ1n) is 9.34. The van der Waals surface area contributed by atoms with Crippen LogP contribution in [0.3, 0.4) is 0 Å². The molecule has 1 aromatic heterocycles. The van der Waals surface area contributed by atoms with Crippen LogP contribution < -0.4 is 10.2 Å². The van der Waals surface area contributed by atoms with Gasteiger partial charge >= 0.3 is 5.97 Å². The van der Waals surface area contributed by atoms with Crippen molar-refractivity contribution in [2.45, 2.75) is 30.7 Å². The zero-order valence-electron chi connectivity index (χ0n) is 16.2. The SMILES string of the molecule is O=C(O)C1OC(Oc2cc(O)cc3occ(-c4ccc(O)cc4)c(=O)c23)C(O)C(O)C1O. The first-order valence-corrected chi connectivity index (χ1v) is 9.34. The predicted molar refractivity (Wildman–Crippen MR) is 106 cm³/mol. The smallest absolute Gasteiger partial charge is 0.335 e. The van der Waals surface area contributed by atoms with Gasteiger partial charge in [0.2, 0.25) is 11.7 Å². The van der Waals surface area contributed by atoms with Crippen molar-refractivity contribution in [2.75, 3.05) is 0 Å². The van der Waals surface area contributed by atoms with Crippen LogP contribution in [-0.2, 0) is 9.53 Å². The van der Waals surface area contributed by atoms with Gasteiger partial charge in [-0.15, -0.1) is 0 Å². The third-order valence-corrected chi connectivity index (χ3v) is 5.06. The molecule has 11 heteroatoms. The van der Waals surface area contributed by atoms with Crippen LogP contribution in [0, 0.1) is 0 Å². The fourth-order valence-electron chi connectivity index (χ4n) is 3.41. The van der Waals surface area contributed by atoms with E-state index in [0.29, 0.717) is 5.56 Å². The maximum absolute atomic E-state index is 13.2. The molecule has 5 unspecified atom stereocenters. The number of carboxylic acids is 1. The molecule has 1 fully saturated rings. The Labute approximate surface area is 178 Å². The lowest BCUT2D eigenvalue weighted by Crippen LogP contribution is -2.61. The normalized spacial score (nSPS) is 25.5. The molecule has 2 heterocycles. The Hall–Kier alpha value is -3.64. The predicted octanol–water partition coefficient (Wildman–Crippen LogP) is 0.142. The van der Waals surface area contributed by atoms with Crippen LogP contribution in [0.5, 0.6) is 17.2 Å². The second-order valence-electron chi connectivity index (χ2n) is 7.20. The van der Waals surface area contributed by atoms with Gasteiger partial charge in [-0.2, -0.15) is 0 Å². The minimum atomic E-state index is -1.92. The number of rotatable bonds is 4. The molecular formula is C21H18O11. The van der Waals surface area contributed by atoms with Crippen LogP contribution >= 0.6 is 0 Å². The number of benzene rings is 2. The molecule has 0 aliphatic carbocycles. The number of ether oxygens (including phenoxy) is 2. The highest BCUT2D eigenvalue weighted by Crippen LogP contribution is 2.33. The lowest BCUT2D eigenvalue weighted by Gasteiger charge is -2.38. The number of aliphatic hydroxyl groups excluding tert-OH is 3. The summed E-state index contributed by atoms with van der Waals surface area (Å²) < 4.78 is 16.0. The summed E-state index contributed by atoms with van der Waals surface area (Å²) in [5, 5.41) is 58.5. The summed E-state index contributed by atoms with van der Waals surface area (Å²) in [5.41, 5.74) is -0.159. The van der Waals surface area contributed by atoms with Gasteiger partial charge in [-0.1, -0.05) is 12.1 Å². The van der Waals surface area contributed by atoms with E-state index in [2.05, 4.69) is 0 Å². The Balaban J connectivity index is 1.80. The third kappa shape index (κ3) is 3.74. The van der Waals surface area contributed by atoms with Crippen molar-refractivity contribution in [1.82, 2.24) is 0 Å². The number of aromatic hydroxyl groups is 2. The number of phenolic OH excluding ortho intramolecular Hbond substituents is 2. The van der Waals surface area contributed by atoms with Gasteiger partial charge in [0.25, 0.3) is 0 Å². The van der Waals surface area contributed by atoms with Gasteiger partial charge < -0.3 is 44.5 Å². The van der Waals surface area contributed by atoms with Gasteiger partial charge in [-0.3, -0.25) is 4.79 Å². The number of hydrogen-bond donors (Lipinski definition) is 6. The molecule has 5 atom stereocenters. The van der Waals surface area contributed by atoms with E-state index in [0.717, 1.165) is 18.4 Å². The van der Waals surface area contributed by atoms with Crippen molar-refractivity contribution < 1.29 is 49.3 Å². The Morgan fingerprint density at radius 2 is 1.62 bits per heavy atom. The van der Waals surface area contributed by atoms with Gasteiger partial charge in [0.05, 0.1) is 5.56 Å². The highest BCUT2D eigenvalue weighted by Gasteiger charge is 2.48. The van der Waals surface area contributed by atoms with Crippen LogP contribution in [0.4, 0.5) is 0 Å². The molecule has 0 amide bonds. The van der Waals surface area contributed by atoms with E-state index in [4.69, 9.17) is 13.9 Å². The van der Waals surface area contributed by atoms with Crippen LogP contribution in [0.15, 0.2) is 51.9 Å². The van der Waals surface area contributed by atoms with Crippen molar-refractivity contribution >= 4 is 16.9 Å². The van der Waals surface area contributed by atoms with E-state index in [1.54, 1.807) is 0 Å². The zero-order valence-corrected chi connectivity index (χ0v) is 16.2. The number of carbonyl (C=O) groups is 1. The Kier molecular flexibility index (Phi) is 5.48. The van der Waals surface area contributed by atoms with Gasteiger partial charge in [0.1, 0.15) is 52.8 Å². The van der Waals surface area contributed by atoms with Gasteiger partial charge in [-0.25, -0.2) is 4.79 Å². The van der Waals surface area contributed by atoms with Crippen molar-refractivity contribution in [3.8, 4) is 28.4 Å². The molecule has 0 bridgehead atoms. The highest BCUT2D eigenvalue weighted by atomic mass is 16.7. The largest absolute Gasteiger partial charge is 0.508 e. The number of aliphatic hydroxyl groups is 3. The average molecular weight is 446 g/mol. The van der Waals surface area contributed by atoms with E-state index in [1.165, 1.54) is 24.3 Å². The molecular weight excluding hydrogens is 428 g/mol. The average Bonchev–Trinajstić information content (AvgIpc) is 2.74. The number of aliphatic carboxylic acids is 1. The summed E-state index contributed by atoms with van der Waals surface area (Å²) in [4.78, 5) is 24.5. The topological polar surface area (TPSA) is 187 Å². The van der Waals surface area contributed by atoms with E-state index in [1.807, 2.05) is 0 Å². The van der Waals surface area contributed by atoms with Gasteiger partial charge in [-0.05, 0) is 17.7 Å². The van der Waals surface area contributed by atoms with E-state index in [9.17, 15) is 40.2 Å². The minimum Gasteiger partial charge on any atom is -0.508 e. The number of phenols is 2. The van der Waals surface area contributed by atoms with E-state index in [-0.39, 0.29) is 33.8 Å². The Morgan fingerprint density at radius 3 is 2.28 bits per heavy atom. The molecule has 0 spiro atoms. The standard InChI is InChI=1S/C21H18O11/c22-9-3-1-8(2-4-9)11-7-30-12-5-10(23)6-13(14(12)15(11)24)31-21-18(27)16(25)17(26)19(32-21)20(28)29/h1-7,16-19,21-23,25-27H,(H,28,29).